The molecule has 1 N–H and O–H groups in total. The molecule has 2 saturated heterocycles. The van der Waals surface area contributed by atoms with E-state index in [1.54, 1.807) is 0 Å². The third kappa shape index (κ3) is 2.47. The summed E-state index contributed by atoms with van der Waals surface area (Å²) in [6.07, 6.45) is 1.37. The monoisotopic (exact) mass is 197 g/mol. The first-order valence-corrected chi connectivity index (χ1v) is 5.89. The van der Waals surface area contributed by atoms with Crippen LogP contribution in [0.4, 0.5) is 0 Å². The van der Waals surface area contributed by atoms with E-state index in [0.717, 1.165) is 12.0 Å². The van der Waals surface area contributed by atoms with Crippen LogP contribution in [0.2, 0.25) is 0 Å². The lowest BCUT2D eigenvalue weighted by atomic mass is 10.1. The molecule has 0 aliphatic carbocycles. The summed E-state index contributed by atoms with van der Waals surface area (Å²) in [6, 6.07) is 0.745. The molecule has 0 amide bonds. The van der Waals surface area contributed by atoms with Gasteiger partial charge in [-0.15, -0.1) is 0 Å². The summed E-state index contributed by atoms with van der Waals surface area (Å²) in [6.45, 7) is 9.87. The molecule has 0 aromatic heterocycles. The lowest BCUT2D eigenvalue weighted by Crippen LogP contribution is -2.51. The number of likely N-dealkylation sites (N-methyl/N-ethyl adjacent to an activating group) is 1. The zero-order valence-electron chi connectivity index (χ0n) is 9.50. The number of piperazine rings is 1. The minimum absolute atomic E-state index is 0.745. The van der Waals surface area contributed by atoms with Crippen molar-refractivity contribution >= 4 is 0 Å². The SMILES string of the molecule is CC1CN(C)CCN1CC1CCNC1. The summed E-state index contributed by atoms with van der Waals surface area (Å²) in [4.78, 5) is 5.10. The molecule has 0 spiro atoms. The van der Waals surface area contributed by atoms with Crippen LogP contribution in [-0.4, -0.2) is 62.2 Å². The molecule has 0 bridgehead atoms. The van der Waals surface area contributed by atoms with Crippen molar-refractivity contribution in [3.05, 3.63) is 0 Å². The molecule has 2 aliphatic rings. The molecule has 2 aliphatic heterocycles. The molecule has 3 heteroatoms. The highest BCUT2D eigenvalue weighted by Crippen LogP contribution is 2.14. The van der Waals surface area contributed by atoms with E-state index >= 15 is 0 Å². The Bertz CT molecular complexity index is 177. The van der Waals surface area contributed by atoms with E-state index in [1.807, 2.05) is 0 Å². The molecule has 0 aromatic carbocycles. The van der Waals surface area contributed by atoms with Crippen LogP contribution >= 0.6 is 0 Å². The second kappa shape index (κ2) is 4.60. The fourth-order valence-corrected chi connectivity index (χ4v) is 2.65. The highest BCUT2D eigenvalue weighted by Gasteiger charge is 2.25. The van der Waals surface area contributed by atoms with E-state index in [9.17, 15) is 0 Å². The van der Waals surface area contributed by atoms with Crippen molar-refractivity contribution in [3.8, 4) is 0 Å². The van der Waals surface area contributed by atoms with E-state index in [1.165, 1.54) is 45.7 Å². The first kappa shape index (κ1) is 10.4. The van der Waals surface area contributed by atoms with Crippen molar-refractivity contribution < 1.29 is 0 Å². The molecule has 0 radical (unpaired) electrons. The Hall–Kier alpha value is -0.120. The Morgan fingerprint density at radius 1 is 1.36 bits per heavy atom. The highest BCUT2D eigenvalue weighted by molar-refractivity contribution is 4.81. The van der Waals surface area contributed by atoms with Gasteiger partial charge in [-0.3, -0.25) is 4.90 Å². The molecule has 2 rings (SSSR count). The summed E-state index contributed by atoms with van der Waals surface area (Å²) in [7, 11) is 2.23. The van der Waals surface area contributed by atoms with E-state index in [-0.39, 0.29) is 0 Å². The van der Waals surface area contributed by atoms with Gasteiger partial charge in [0.25, 0.3) is 0 Å². The maximum absolute atomic E-state index is 3.45. The Morgan fingerprint density at radius 2 is 2.21 bits per heavy atom. The van der Waals surface area contributed by atoms with Crippen molar-refractivity contribution in [2.75, 3.05) is 46.3 Å². The predicted octanol–water partition coefficient (Wildman–Crippen LogP) is 0.232. The average molecular weight is 197 g/mol. The second-order valence-electron chi connectivity index (χ2n) is 4.97. The Morgan fingerprint density at radius 3 is 2.86 bits per heavy atom. The van der Waals surface area contributed by atoms with Gasteiger partial charge in [-0.25, -0.2) is 0 Å². The van der Waals surface area contributed by atoms with Gasteiger partial charge in [-0.05, 0) is 39.4 Å². The smallest absolute Gasteiger partial charge is 0.0195 e. The zero-order valence-corrected chi connectivity index (χ0v) is 9.50. The van der Waals surface area contributed by atoms with Crippen LogP contribution < -0.4 is 5.32 Å². The minimum Gasteiger partial charge on any atom is -0.316 e. The molecule has 82 valence electrons. The molecule has 0 saturated carbocycles. The summed E-state index contributed by atoms with van der Waals surface area (Å²) in [5.74, 6) is 0.904. The normalized spacial score (nSPS) is 36.4. The molecule has 2 atom stereocenters. The van der Waals surface area contributed by atoms with Crippen molar-refractivity contribution in [3.63, 3.8) is 0 Å². The molecule has 14 heavy (non-hydrogen) atoms. The summed E-state index contributed by atoms with van der Waals surface area (Å²) >= 11 is 0. The van der Waals surface area contributed by atoms with Gasteiger partial charge in [0.2, 0.25) is 0 Å². The summed E-state index contributed by atoms with van der Waals surface area (Å²) < 4.78 is 0. The van der Waals surface area contributed by atoms with Crippen LogP contribution in [0.5, 0.6) is 0 Å². The van der Waals surface area contributed by atoms with Crippen molar-refractivity contribution in [2.24, 2.45) is 5.92 Å². The van der Waals surface area contributed by atoms with Gasteiger partial charge in [0.05, 0.1) is 0 Å². The van der Waals surface area contributed by atoms with E-state index in [2.05, 4.69) is 29.1 Å². The van der Waals surface area contributed by atoms with Crippen LogP contribution in [0.1, 0.15) is 13.3 Å². The van der Waals surface area contributed by atoms with Gasteiger partial charge in [0, 0.05) is 32.2 Å². The van der Waals surface area contributed by atoms with E-state index in [4.69, 9.17) is 0 Å². The molecule has 2 fully saturated rings. The van der Waals surface area contributed by atoms with Crippen molar-refractivity contribution in [1.82, 2.24) is 15.1 Å². The first-order chi connectivity index (χ1) is 6.75. The Kier molecular flexibility index (Phi) is 3.42. The van der Waals surface area contributed by atoms with Gasteiger partial charge >= 0.3 is 0 Å². The van der Waals surface area contributed by atoms with Crippen LogP contribution in [-0.2, 0) is 0 Å². The molecule has 3 nitrogen and oxygen atoms in total. The van der Waals surface area contributed by atoms with E-state index < -0.39 is 0 Å². The van der Waals surface area contributed by atoms with Gasteiger partial charge in [0.15, 0.2) is 0 Å². The third-order valence-corrected chi connectivity index (χ3v) is 3.62. The first-order valence-electron chi connectivity index (χ1n) is 5.89. The molecule has 2 unspecified atom stereocenters. The largest absolute Gasteiger partial charge is 0.316 e. The second-order valence-corrected chi connectivity index (χ2v) is 4.97. The highest BCUT2D eigenvalue weighted by atomic mass is 15.3. The van der Waals surface area contributed by atoms with Crippen molar-refractivity contribution in [1.29, 1.82) is 0 Å². The lowest BCUT2D eigenvalue weighted by molar-refractivity contribution is 0.0874. The van der Waals surface area contributed by atoms with Crippen LogP contribution in [0.15, 0.2) is 0 Å². The molecule has 2 heterocycles. The predicted molar refractivity (Wildman–Crippen MR) is 59.5 cm³/mol. The number of rotatable bonds is 2. The van der Waals surface area contributed by atoms with Crippen LogP contribution in [0, 0.1) is 5.92 Å². The van der Waals surface area contributed by atoms with Crippen LogP contribution in [0.3, 0.4) is 0 Å². The van der Waals surface area contributed by atoms with Gasteiger partial charge in [-0.2, -0.15) is 0 Å². The number of nitrogens with zero attached hydrogens (tertiary/aromatic N) is 2. The maximum Gasteiger partial charge on any atom is 0.0195 e. The topological polar surface area (TPSA) is 18.5 Å². The van der Waals surface area contributed by atoms with Gasteiger partial charge in [0.1, 0.15) is 0 Å². The Balaban J connectivity index is 1.79. The standard InChI is InChI=1S/C11H23N3/c1-10-8-13(2)5-6-14(10)9-11-3-4-12-7-11/h10-12H,3-9H2,1-2H3. The van der Waals surface area contributed by atoms with Crippen LogP contribution in [0.25, 0.3) is 0 Å². The summed E-state index contributed by atoms with van der Waals surface area (Å²) in [5.41, 5.74) is 0. The molecule has 0 aromatic rings. The average Bonchev–Trinajstić information content (AvgIpc) is 2.62. The van der Waals surface area contributed by atoms with Crippen molar-refractivity contribution in [2.45, 2.75) is 19.4 Å². The lowest BCUT2D eigenvalue weighted by Gasteiger charge is -2.39. The summed E-state index contributed by atoms with van der Waals surface area (Å²) in [5, 5.41) is 3.45. The van der Waals surface area contributed by atoms with Gasteiger partial charge in [-0.1, -0.05) is 0 Å². The Labute approximate surface area is 87.4 Å². The third-order valence-electron chi connectivity index (χ3n) is 3.62. The van der Waals surface area contributed by atoms with Gasteiger partial charge < -0.3 is 10.2 Å². The fraction of sp³-hybridized carbons (Fsp3) is 1.00. The number of hydrogen-bond donors (Lipinski definition) is 1. The maximum atomic E-state index is 3.45. The number of nitrogens with one attached hydrogen (secondary N) is 1. The minimum atomic E-state index is 0.745. The number of hydrogen-bond acceptors (Lipinski definition) is 3. The zero-order chi connectivity index (χ0) is 9.97. The van der Waals surface area contributed by atoms with E-state index in [0.29, 0.717) is 0 Å². The quantitative estimate of drug-likeness (QED) is 0.684. The fourth-order valence-electron chi connectivity index (χ4n) is 2.65. The molecular weight excluding hydrogens is 174 g/mol. The molecular formula is C11H23N3.